The van der Waals surface area contributed by atoms with Gasteiger partial charge in [-0.25, -0.2) is 0 Å². The molecule has 1 saturated carbocycles. The number of hydrogen-bond acceptors (Lipinski definition) is 10. The number of methoxy groups -OCH3 is 3. The summed E-state index contributed by atoms with van der Waals surface area (Å²) in [4.78, 5) is 29.4. The van der Waals surface area contributed by atoms with Crippen LogP contribution in [-0.2, 0) is 47.5 Å². The van der Waals surface area contributed by atoms with Crippen molar-refractivity contribution in [3.63, 3.8) is 0 Å². The molecule has 17 atom stereocenters. The highest BCUT2D eigenvalue weighted by Gasteiger charge is 2.74. The van der Waals surface area contributed by atoms with E-state index in [4.69, 9.17) is 37.9 Å². The van der Waals surface area contributed by atoms with Gasteiger partial charge in [0.05, 0.1) is 30.8 Å². The smallest absolute Gasteiger partial charge is 0.306 e. The number of cyclic esters (lactones) is 1. The molecule has 0 aromatic rings. The van der Waals surface area contributed by atoms with Crippen LogP contribution in [0.25, 0.3) is 0 Å². The minimum absolute atomic E-state index is 0.0546. The zero-order chi connectivity index (χ0) is 41.9. The SMILES string of the molecule is CC[C@H]1CCC[C@H](OC2CC[C@@H](C(C)C)C(C)O2)[C@@H](C)C(=O)C2=C[C@]3(C)[C@@](C)(C=C[C@]4(C)C[C@@H](O[C@@H]5O[C@@H](C)[C@H](OC)[C@@H](OC)[C@H]5OC)C[C@]34C)[C@]2(C)CC(=O)O1. The van der Waals surface area contributed by atoms with Gasteiger partial charge >= 0.3 is 5.97 Å². The molecule has 0 radical (unpaired) electrons. The third-order valence-corrected chi connectivity index (χ3v) is 17.0. The summed E-state index contributed by atoms with van der Waals surface area (Å²) in [6, 6.07) is 0. The number of ketones is 1. The van der Waals surface area contributed by atoms with Gasteiger partial charge in [0.15, 0.2) is 18.4 Å². The maximum absolute atomic E-state index is 15.3. The molecule has 57 heavy (non-hydrogen) atoms. The number of Topliss-reactive ketones (excluding diaryl/α,β-unsaturated/α-hetero) is 1. The Balaban J connectivity index is 1.35. The topological polar surface area (TPSA) is 108 Å². The van der Waals surface area contributed by atoms with E-state index >= 15 is 4.79 Å². The van der Waals surface area contributed by atoms with Crippen LogP contribution in [0.5, 0.6) is 0 Å². The predicted molar refractivity (Wildman–Crippen MR) is 218 cm³/mol. The van der Waals surface area contributed by atoms with Crippen LogP contribution in [0.15, 0.2) is 23.8 Å². The fourth-order valence-corrected chi connectivity index (χ4v) is 12.6. The molecule has 10 heteroatoms. The molecule has 324 valence electrons. The van der Waals surface area contributed by atoms with Gasteiger partial charge in [0.1, 0.15) is 24.4 Å². The summed E-state index contributed by atoms with van der Waals surface area (Å²) in [6.07, 6.45) is 10.4. The second-order valence-electron chi connectivity index (χ2n) is 20.1. The molecule has 0 aromatic heterocycles. The van der Waals surface area contributed by atoms with Crippen molar-refractivity contribution in [1.82, 2.24) is 0 Å². The Kier molecular flexibility index (Phi) is 13.1. The van der Waals surface area contributed by atoms with Crippen molar-refractivity contribution in [2.75, 3.05) is 21.3 Å². The maximum atomic E-state index is 15.3. The second kappa shape index (κ2) is 16.7. The largest absolute Gasteiger partial charge is 0.462 e. The molecule has 6 rings (SSSR count). The third kappa shape index (κ3) is 7.35. The number of rotatable bonds is 9. The number of hydrogen-bond donors (Lipinski definition) is 0. The number of esters is 1. The molecule has 0 bridgehead atoms. The molecule has 3 aliphatic heterocycles. The van der Waals surface area contributed by atoms with E-state index in [1.807, 2.05) is 13.8 Å². The standard InChI is InChI=1S/C47H76O10/c1-15-31-17-16-18-35(57-37-20-19-33(27(2)3)29(5)53-37)28(4)38(49)34-25-47(11)45(9,44(34,8)26-36(48)55-31)22-21-43(7)23-32(24-46(43,47)10)56-42-41(52-14)40(51-13)39(50-12)30(6)54-42/h21-22,25,27-33,35,37,39-42H,15-20,23-24,26H2,1-14H3/t28-,29?,30+,31+,32-,33+,35+,37?,39+,40-,41-,42+,43-,44-,45+,46+,47-/m1/s1. The van der Waals surface area contributed by atoms with Crippen LogP contribution in [0.3, 0.4) is 0 Å². The molecule has 0 N–H and O–H groups in total. The van der Waals surface area contributed by atoms with Gasteiger partial charge in [-0.05, 0) is 93.5 Å². The van der Waals surface area contributed by atoms with Crippen molar-refractivity contribution < 1.29 is 47.5 Å². The average molecular weight is 801 g/mol. The van der Waals surface area contributed by atoms with Crippen molar-refractivity contribution in [3.05, 3.63) is 23.8 Å². The Bertz CT molecular complexity index is 1530. The number of carbonyl (C=O) groups excluding carboxylic acids is 2. The Labute approximate surface area is 343 Å². The molecule has 0 spiro atoms. The van der Waals surface area contributed by atoms with E-state index in [1.165, 1.54) is 0 Å². The Hall–Kier alpha value is -1.66. The van der Waals surface area contributed by atoms with Crippen molar-refractivity contribution in [2.24, 2.45) is 44.8 Å². The van der Waals surface area contributed by atoms with E-state index in [0.717, 1.165) is 44.9 Å². The highest BCUT2D eigenvalue weighted by atomic mass is 16.7. The van der Waals surface area contributed by atoms with Gasteiger partial charge in [0.25, 0.3) is 0 Å². The van der Waals surface area contributed by atoms with Crippen LogP contribution in [0.4, 0.5) is 0 Å². The normalized spacial score (nSPS) is 49.4. The van der Waals surface area contributed by atoms with Gasteiger partial charge in [-0.15, -0.1) is 0 Å². The van der Waals surface area contributed by atoms with Crippen molar-refractivity contribution >= 4 is 11.8 Å². The number of allylic oxidation sites excluding steroid dienone is 4. The Morgan fingerprint density at radius 2 is 1.47 bits per heavy atom. The van der Waals surface area contributed by atoms with E-state index in [0.29, 0.717) is 23.8 Å². The second-order valence-corrected chi connectivity index (χ2v) is 20.1. The first kappa shape index (κ1) is 44.9. The summed E-state index contributed by atoms with van der Waals surface area (Å²) in [5.41, 5.74) is -1.90. The van der Waals surface area contributed by atoms with Crippen molar-refractivity contribution in [2.45, 2.75) is 195 Å². The van der Waals surface area contributed by atoms with Gasteiger partial charge < -0.3 is 37.9 Å². The molecule has 2 unspecified atom stereocenters. The minimum atomic E-state index is -0.837. The van der Waals surface area contributed by atoms with E-state index in [-0.39, 0.29) is 78.0 Å². The highest BCUT2D eigenvalue weighted by Crippen LogP contribution is 2.78. The van der Waals surface area contributed by atoms with Crippen molar-refractivity contribution in [1.29, 1.82) is 0 Å². The van der Waals surface area contributed by atoms with E-state index in [1.54, 1.807) is 21.3 Å². The van der Waals surface area contributed by atoms with Gasteiger partial charge in [0.2, 0.25) is 0 Å². The molecule has 4 fully saturated rings. The van der Waals surface area contributed by atoms with Gasteiger partial charge in [-0.3, -0.25) is 9.59 Å². The lowest BCUT2D eigenvalue weighted by molar-refractivity contribution is -0.315. The summed E-state index contributed by atoms with van der Waals surface area (Å²) >= 11 is 0. The van der Waals surface area contributed by atoms with E-state index < -0.39 is 34.6 Å². The van der Waals surface area contributed by atoms with Gasteiger partial charge in [0, 0.05) is 43.5 Å². The van der Waals surface area contributed by atoms with Crippen LogP contribution in [0.1, 0.15) is 134 Å². The van der Waals surface area contributed by atoms with E-state index in [2.05, 4.69) is 80.5 Å². The monoisotopic (exact) mass is 801 g/mol. The lowest BCUT2D eigenvalue weighted by Crippen LogP contribution is -2.60. The quantitative estimate of drug-likeness (QED) is 0.166. The van der Waals surface area contributed by atoms with E-state index in [9.17, 15) is 4.79 Å². The molecule has 10 nitrogen and oxygen atoms in total. The fraction of sp³-hybridized carbons (Fsp3) is 0.872. The summed E-state index contributed by atoms with van der Waals surface area (Å²) in [5, 5.41) is 0. The molecule has 3 aliphatic carbocycles. The van der Waals surface area contributed by atoms with Crippen molar-refractivity contribution in [3.8, 4) is 0 Å². The zero-order valence-electron chi connectivity index (χ0n) is 37.7. The molecule has 3 saturated heterocycles. The van der Waals surface area contributed by atoms with Crippen LogP contribution < -0.4 is 0 Å². The summed E-state index contributed by atoms with van der Waals surface area (Å²) in [5.74, 6) is 0.408. The number of ether oxygens (including phenoxy) is 8. The van der Waals surface area contributed by atoms with Gasteiger partial charge in [-0.1, -0.05) is 80.5 Å². The molecule has 3 heterocycles. The lowest BCUT2D eigenvalue weighted by Gasteiger charge is -2.62. The van der Waals surface area contributed by atoms with Crippen LogP contribution in [0, 0.1) is 44.8 Å². The molecule has 6 aliphatic rings. The summed E-state index contributed by atoms with van der Waals surface area (Å²) in [6.45, 7) is 24.2. The molecule has 0 aromatic carbocycles. The predicted octanol–water partition coefficient (Wildman–Crippen LogP) is 8.78. The maximum Gasteiger partial charge on any atom is 0.306 e. The summed E-state index contributed by atoms with van der Waals surface area (Å²) < 4.78 is 50.6. The third-order valence-electron chi connectivity index (χ3n) is 17.0. The molecular weight excluding hydrogens is 725 g/mol. The first-order valence-electron chi connectivity index (χ1n) is 22.1. The fourth-order valence-electron chi connectivity index (χ4n) is 12.6. The summed E-state index contributed by atoms with van der Waals surface area (Å²) in [7, 11) is 4.99. The number of carbonyl (C=O) groups is 2. The average Bonchev–Trinajstić information content (AvgIpc) is 3.52. The number of fused-ring (bicyclic) bond motifs is 5. The molecular formula is C47H76O10. The van der Waals surface area contributed by atoms with Crippen LogP contribution in [-0.4, -0.2) is 94.5 Å². The zero-order valence-corrected chi connectivity index (χ0v) is 37.7. The lowest BCUT2D eigenvalue weighted by atomic mass is 9.40. The van der Waals surface area contributed by atoms with Crippen LogP contribution >= 0.6 is 0 Å². The first-order valence-corrected chi connectivity index (χ1v) is 22.1. The Morgan fingerprint density at radius 3 is 2.09 bits per heavy atom. The molecule has 0 amide bonds. The highest BCUT2D eigenvalue weighted by molar-refractivity contribution is 6.00. The Morgan fingerprint density at radius 1 is 0.789 bits per heavy atom. The van der Waals surface area contributed by atoms with Crippen LogP contribution in [0.2, 0.25) is 0 Å². The minimum Gasteiger partial charge on any atom is -0.462 e. The van der Waals surface area contributed by atoms with Gasteiger partial charge in [-0.2, -0.15) is 0 Å². The first-order chi connectivity index (χ1) is 26.8.